The molecule has 0 bridgehead atoms. The van der Waals surface area contributed by atoms with E-state index in [1.807, 2.05) is 0 Å². The number of benzene rings is 1. The SMILES string of the molecule is CC(C)c1ccc2c(c1)N(C)C(C)C(CCN)O2. The molecule has 0 aromatic heterocycles. The van der Waals surface area contributed by atoms with Crippen LogP contribution < -0.4 is 15.4 Å². The lowest BCUT2D eigenvalue weighted by molar-refractivity contribution is 0.154. The van der Waals surface area contributed by atoms with Gasteiger partial charge in [0, 0.05) is 7.05 Å². The van der Waals surface area contributed by atoms with Crippen LogP contribution in [-0.4, -0.2) is 25.7 Å². The van der Waals surface area contributed by atoms with Crippen molar-refractivity contribution in [3.8, 4) is 5.75 Å². The minimum atomic E-state index is 0.192. The van der Waals surface area contributed by atoms with Gasteiger partial charge in [0.15, 0.2) is 0 Å². The molecule has 1 aliphatic heterocycles. The quantitative estimate of drug-likeness (QED) is 0.894. The lowest BCUT2D eigenvalue weighted by Gasteiger charge is -2.40. The van der Waals surface area contributed by atoms with Crippen LogP contribution in [0.2, 0.25) is 0 Å². The Balaban J connectivity index is 2.33. The smallest absolute Gasteiger partial charge is 0.143 e. The summed E-state index contributed by atoms with van der Waals surface area (Å²) in [7, 11) is 2.14. The van der Waals surface area contributed by atoms with Crippen LogP contribution in [0.15, 0.2) is 18.2 Å². The van der Waals surface area contributed by atoms with Crippen molar-refractivity contribution in [3.05, 3.63) is 23.8 Å². The first-order chi connectivity index (χ1) is 8.54. The van der Waals surface area contributed by atoms with Crippen LogP contribution in [-0.2, 0) is 0 Å². The first-order valence-electron chi connectivity index (χ1n) is 6.78. The molecule has 2 N–H and O–H groups in total. The fraction of sp³-hybridized carbons (Fsp3) is 0.600. The van der Waals surface area contributed by atoms with E-state index in [2.05, 4.69) is 50.9 Å². The van der Waals surface area contributed by atoms with Crippen molar-refractivity contribution in [3.63, 3.8) is 0 Å². The number of rotatable bonds is 3. The van der Waals surface area contributed by atoms with Gasteiger partial charge < -0.3 is 15.4 Å². The Hall–Kier alpha value is -1.22. The third-order valence-corrected chi connectivity index (χ3v) is 3.91. The normalized spacial score (nSPS) is 22.9. The van der Waals surface area contributed by atoms with Gasteiger partial charge in [-0.2, -0.15) is 0 Å². The van der Waals surface area contributed by atoms with Crippen molar-refractivity contribution < 1.29 is 4.74 Å². The maximum absolute atomic E-state index is 6.07. The summed E-state index contributed by atoms with van der Waals surface area (Å²) in [5.41, 5.74) is 8.20. The van der Waals surface area contributed by atoms with Crippen LogP contribution in [0.1, 0.15) is 38.7 Å². The minimum Gasteiger partial charge on any atom is -0.486 e. The molecule has 1 aliphatic rings. The molecule has 0 fully saturated rings. The Bertz CT molecular complexity index is 417. The van der Waals surface area contributed by atoms with E-state index < -0.39 is 0 Å². The number of anilines is 1. The maximum atomic E-state index is 6.07. The molecule has 0 spiro atoms. The van der Waals surface area contributed by atoms with Gasteiger partial charge in [-0.25, -0.2) is 0 Å². The number of hydrogen-bond donors (Lipinski definition) is 1. The van der Waals surface area contributed by atoms with Crippen LogP contribution in [0, 0.1) is 0 Å². The largest absolute Gasteiger partial charge is 0.486 e. The minimum absolute atomic E-state index is 0.192. The number of nitrogens with two attached hydrogens (primary N) is 1. The summed E-state index contributed by atoms with van der Waals surface area (Å²) in [5, 5.41) is 0. The standard InChI is InChI=1S/C15H24N2O/c1-10(2)12-5-6-15-13(9-12)17(4)11(3)14(18-15)7-8-16/h5-6,9-11,14H,7-8,16H2,1-4H3. The Morgan fingerprint density at radius 3 is 2.72 bits per heavy atom. The molecule has 3 nitrogen and oxygen atoms in total. The topological polar surface area (TPSA) is 38.5 Å². The second-order valence-corrected chi connectivity index (χ2v) is 5.47. The van der Waals surface area contributed by atoms with Crippen LogP contribution in [0.4, 0.5) is 5.69 Å². The molecule has 1 heterocycles. The molecule has 3 heteroatoms. The monoisotopic (exact) mass is 248 g/mol. The van der Waals surface area contributed by atoms with Crippen LogP contribution >= 0.6 is 0 Å². The molecule has 2 atom stereocenters. The number of likely N-dealkylation sites (N-methyl/N-ethyl adjacent to an activating group) is 1. The summed E-state index contributed by atoms with van der Waals surface area (Å²) in [6.07, 6.45) is 1.09. The highest BCUT2D eigenvalue weighted by molar-refractivity contribution is 5.62. The molecule has 100 valence electrons. The average Bonchev–Trinajstić information content (AvgIpc) is 2.35. The Morgan fingerprint density at radius 2 is 2.11 bits per heavy atom. The lowest BCUT2D eigenvalue weighted by atomic mass is 9.99. The molecular weight excluding hydrogens is 224 g/mol. The molecule has 0 radical (unpaired) electrons. The Kier molecular flexibility index (Phi) is 3.81. The number of ether oxygens (including phenoxy) is 1. The molecule has 2 rings (SSSR count). The predicted molar refractivity (Wildman–Crippen MR) is 76.5 cm³/mol. The van der Waals surface area contributed by atoms with Gasteiger partial charge in [0.2, 0.25) is 0 Å². The highest BCUT2D eigenvalue weighted by Gasteiger charge is 2.30. The van der Waals surface area contributed by atoms with Crippen LogP contribution in [0.25, 0.3) is 0 Å². The predicted octanol–water partition coefficient (Wildman–Crippen LogP) is 2.74. The molecule has 1 aromatic carbocycles. The maximum Gasteiger partial charge on any atom is 0.143 e. The van der Waals surface area contributed by atoms with Gasteiger partial charge in [-0.1, -0.05) is 19.9 Å². The molecule has 0 aliphatic carbocycles. The first kappa shape index (κ1) is 13.2. The highest BCUT2D eigenvalue weighted by atomic mass is 16.5. The molecule has 18 heavy (non-hydrogen) atoms. The molecule has 0 saturated heterocycles. The van der Waals surface area contributed by atoms with Crippen LogP contribution in [0.3, 0.4) is 0 Å². The Labute approximate surface area is 110 Å². The van der Waals surface area contributed by atoms with Crippen molar-refractivity contribution in [2.75, 3.05) is 18.5 Å². The van der Waals surface area contributed by atoms with Gasteiger partial charge in [0.05, 0.1) is 11.7 Å². The zero-order chi connectivity index (χ0) is 13.3. The molecular formula is C15H24N2O. The third kappa shape index (κ3) is 2.32. The van der Waals surface area contributed by atoms with Crippen molar-refractivity contribution >= 4 is 5.69 Å². The van der Waals surface area contributed by atoms with Crippen molar-refractivity contribution in [2.45, 2.75) is 45.3 Å². The lowest BCUT2D eigenvalue weighted by Crippen LogP contribution is -2.46. The van der Waals surface area contributed by atoms with Crippen molar-refractivity contribution in [1.82, 2.24) is 0 Å². The number of fused-ring (bicyclic) bond motifs is 1. The second-order valence-electron chi connectivity index (χ2n) is 5.47. The number of hydrogen-bond acceptors (Lipinski definition) is 3. The zero-order valence-corrected chi connectivity index (χ0v) is 11.8. The summed E-state index contributed by atoms with van der Waals surface area (Å²) >= 11 is 0. The third-order valence-electron chi connectivity index (χ3n) is 3.91. The van der Waals surface area contributed by atoms with E-state index in [1.54, 1.807) is 0 Å². The fourth-order valence-corrected chi connectivity index (χ4v) is 2.46. The van der Waals surface area contributed by atoms with Gasteiger partial charge in [-0.05, 0) is 43.5 Å². The van der Waals surface area contributed by atoms with E-state index in [-0.39, 0.29) is 6.10 Å². The van der Waals surface area contributed by atoms with Gasteiger partial charge in [-0.15, -0.1) is 0 Å². The molecule has 1 aromatic rings. The van der Waals surface area contributed by atoms with Crippen LogP contribution in [0.5, 0.6) is 5.75 Å². The second kappa shape index (κ2) is 5.19. The van der Waals surface area contributed by atoms with E-state index in [4.69, 9.17) is 10.5 Å². The van der Waals surface area contributed by atoms with E-state index >= 15 is 0 Å². The Morgan fingerprint density at radius 1 is 1.39 bits per heavy atom. The van der Waals surface area contributed by atoms with Crippen molar-refractivity contribution in [1.29, 1.82) is 0 Å². The van der Waals surface area contributed by atoms with Gasteiger partial charge in [-0.3, -0.25) is 0 Å². The summed E-state index contributed by atoms with van der Waals surface area (Å²) in [5.74, 6) is 1.53. The summed E-state index contributed by atoms with van der Waals surface area (Å²) in [6, 6.07) is 6.86. The summed E-state index contributed by atoms with van der Waals surface area (Å²) in [6.45, 7) is 7.30. The van der Waals surface area contributed by atoms with E-state index in [0.717, 1.165) is 12.2 Å². The van der Waals surface area contributed by atoms with Gasteiger partial charge in [0.1, 0.15) is 11.9 Å². The fourth-order valence-electron chi connectivity index (χ4n) is 2.46. The van der Waals surface area contributed by atoms with E-state index in [0.29, 0.717) is 18.5 Å². The number of nitrogens with zero attached hydrogens (tertiary/aromatic N) is 1. The van der Waals surface area contributed by atoms with E-state index in [9.17, 15) is 0 Å². The van der Waals surface area contributed by atoms with E-state index in [1.165, 1.54) is 11.3 Å². The van der Waals surface area contributed by atoms with Gasteiger partial charge >= 0.3 is 0 Å². The highest BCUT2D eigenvalue weighted by Crippen LogP contribution is 2.37. The summed E-state index contributed by atoms with van der Waals surface area (Å²) < 4.78 is 6.07. The molecule has 0 saturated carbocycles. The molecule has 0 amide bonds. The summed E-state index contributed by atoms with van der Waals surface area (Å²) in [4.78, 5) is 2.31. The zero-order valence-electron chi connectivity index (χ0n) is 11.8. The van der Waals surface area contributed by atoms with Gasteiger partial charge in [0.25, 0.3) is 0 Å². The average molecular weight is 248 g/mol. The van der Waals surface area contributed by atoms with Crippen molar-refractivity contribution in [2.24, 2.45) is 5.73 Å². The molecule has 2 unspecified atom stereocenters. The first-order valence-corrected chi connectivity index (χ1v) is 6.78.